The van der Waals surface area contributed by atoms with Crippen LogP contribution in [0.15, 0.2) is 30.3 Å². The van der Waals surface area contributed by atoms with Gasteiger partial charge in [0, 0.05) is 44.8 Å². The van der Waals surface area contributed by atoms with E-state index in [1.54, 1.807) is 6.07 Å². The fourth-order valence-corrected chi connectivity index (χ4v) is 2.95. The molecule has 6 heteroatoms. The minimum Gasteiger partial charge on any atom is -0.350 e. The second-order valence-corrected chi connectivity index (χ2v) is 6.49. The van der Waals surface area contributed by atoms with Crippen LogP contribution < -0.4 is 5.32 Å². The van der Waals surface area contributed by atoms with Crippen molar-refractivity contribution in [2.75, 3.05) is 45.8 Å². The summed E-state index contributed by atoms with van der Waals surface area (Å²) in [5.74, 6) is -4.58. The Kier molecular flexibility index (Phi) is 6.69. The van der Waals surface area contributed by atoms with Crippen LogP contribution >= 0.6 is 0 Å². The minimum absolute atomic E-state index is 0.133. The van der Waals surface area contributed by atoms with Gasteiger partial charge < -0.3 is 15.1 Å². The van der Waals surface area contributed by atoms with Crippen LogP contribution in [0.2, 0.25) is 0 Å². The molecule has 4 nitrogen and oxygen atoms in total. The average molecular weight is 339 g/mol. The Bertz CT molecular complexity index is 516. The highest BCUT2D eigenvalue weighted by atomic mass is 19.3. The number of rotatable bonds is 7. The van der Waals surface area contributed by atoms with E-state index in [2.05, 4.69) is 22.0 Å². The maximum atomic E-state index is 14.1. The van der Waals surface area contributed by atoms with Gasteiger partial charge in [-0.25, -0.2) is 0 Å². The van der Waals surface area contributed by atoms with Crippen molar-refractivity contribution in [3.8, 4) is 0 Å². The van der Waals surface area contributed by atoms with Gasteiger partial charge in [-0.2, -0.15) is 8.78 Å². The van der Waals surface area contributed by atoms with E-state index in [0.717, 1.165) is 39.3 Å². The normalized spacial score (nSPS) is 18.3. The predicted molar refractivity (Wildman–Crippen MR) is 91.1 cm³/mol. The second-order valence-electron chi connectivity index (χ2n) is 6.49. The molecule has 1 atom stereocenters. The van der Waals surface area contributed by atoms with Crippen LogP contribution in [0, 0.1) is 5.92 Å². The van der Waals surface area contributed by atoms with Gasteiger partial charge in [-0.05, 0) is 12.5 Å². The molecular weight excluding hydrogens is 312 g/mol. The van der Waals surface area contributed by atoms with Gasteiger partial charge in [0.2, 0.25) is 0 Å². The number of carbonyl (C=O) groups excluding carboxylic acids is 1. The zero-order chi connectivity index (χ0) is 17.6. The Labute approximate surface area is 142 Å². The SMILES string of the molecule is CCN1CCN(C[C@@H](C)CNC(=O)C(F)(F)c2ccccc2)CC1. The lowest BCUT2D eigenvalue weighted by Crippen LogP contribution is -2.48. The van der Waals surface area contributed by atoms with Crippen molar-refractivity contribution < 1.29 is 13.6 Å². The van der Waals surface area contributed by atoms with Gasteiger partial charge in [-0.15, -0.1) is 0 Å². The second kappa shape index (κ2) is 8.53. The topological polar surface area (TPSA) is 35.6 Å². The van der Waals surface area contributed by atoms with Gasteiger partial charge in [-0.3, -0.25) is 4.79 Å². The van der Waals surface area contributed by atoms with Crippen molar-refractivity contribution in [3.63, 3.8) is 0 Å². The summed E-state index contributed by atoms with van der Waals surface area (Å²) in [7, 11) is 0. The molecule has 0 spiro atoms. The van der Waals surface area contributed by atoms with E-state index in [1.165, 1.54) is 24.3 Å². The van der Waals surface area contributed by atoms with E-state index in [9.17, 15) is 13.6 Å². The number of carbonyl (C=O) groups is 1. The Morgan fingerprint density at radius 1 is 1.17 bits per heavy atom. The van der Waals surface area contributed by atoms with E-state index in [4.69, 9.17) is 0 Å². The van der Waals surface area contributed by atoms with E-state index in [0.29, 0.717) is 0 Å². The van der Waals surface area contributed by atoms with Crippen molar-refractivity contribution in [2.45, 2.75) is 19.8 Å². The van der Waals surface area contributed by atoms with Gasteiger partial charge in [0.1, 0.15) is 0 Å². The molecule has 1 heterocycles. The van der Waals surface area contributed by atoms with Crippen LogP contribution in [0.1, 0.15) is 19.4 Å². The first-order valence-electron chi connectivity index (χ1n) is 8.59. The number of nitrogens with zero attached hydrogens (tertiary/aromatic N) is 2. The van der Waals surface area contributed by atoms with Crippen LogP contribution in [0.4, 0.5) is 8.78 Å². The summed E-state index contributed by atoms with van der Waals surface area (Å²) in [6.07, 6.45) is 0. The van der Waals surface area contributed by atoms with Crippen LogP contribution in [0.5, 0.6) is 0 Å². The predicted octanol–water partition coefficient (Wildman–Crippen LogP) is 2.17. The van der Waals surface area contributed by atoms with Crippen LogP contribution in [0.25, 0.3) is 0 Å². The Hall–Kier alpha value is -1.53. The minimum atomic E-state index is -3.49. The third-order valence-electron chi connectivity index (χ3n) is 4.51. The zero-order valence-electron chi connectivity index (χ0n) is 14.5. The maximum Gasteiger partial charge on any atom is 0.349 e. The van der Waals surface area contributed by atoms with Gasteiger partial charge in [-0.1, -0.05) is 44.2 Å². The highest BCUT2D eigenvalue weighted by Crippen LogP contribution is 2.27. The van der Waals surface area contributed by atoms with E-state index in [1.807, 2.05) is 6.92 Å². The smallest absolute Gasteiger partial charge is 0.349 e. The summed E-state index contributed by atoms with van der Waals surface area (Å²) in [5, 5.41) is 2.40. The number of hydrogen-bond acceptors (Lipinski definition) is 3. The quantitative estimate of drug-likeness (QED) is 0.827. The molecule has 1 amide bonds. The number of likely N-dealkylation sites (N-methyl/N-ethyl adjacent to an activating group) is 1. The summed E-state index contributed by atoms with van der Waals surface area (Å²) in [6, 6.07) is 7.22. The standard InChI is InChI=1S/C18H27F2N3O/c1-3-22-9-11-23(12-10-22)14-15(2)13-21-17(24)18(19,20)16-7-5-4-6-8-16/h4-8,15H,3,9-14H2,1-2H3,(H,21,24)/t15-/m0/s1. The third kappa shape index (κ3) is 4.98. The molecule has 1 aliphatic rings. The van der Waals surface area contributed by atoms with Crippen molar-refractivity contribution in [2.24, 2.45) is 5.92 Å². The molecule has 1 aromatic rings. The van der Waals surface area contributed by atoms with Crippen molar-refractivity contribution in [1.29, 1.82) is 0 Å². The molecule has 0 radical (unpaired) electrons. The lowest BCUT2D eigenvalue weighted by atomic mass is 10.1. The molecule has 1 aromatic carbocycles. The molecule has 1 aliphatic heterocycles. The number of halogens is 2. The molecule has 0 saturated carbocycles. The number of amides is 1. The first-order valence-corrected chi connectivity index (χ1v) is 8.59. The largest absolute Gasteiger partial charge is 0.350 e. The van der Waals surface area contributed by atoms with Gasteiger partial charge in [0.15, 0.2) is 0 Å². The van der Waals surface area contributed by atoms with Crippen LogP contribution in [-0.4, -0.2) is 61.5 Å². The lowest BCUT2D eigenvalue weighted by Gasteiger charge is -2.35. The molecule has 0 unspecified atom stereocenters. The Morgan fingerprint density at radius 3 is 2.33 bits per heavy atom. The highest BCUT2D eigenvalue weighted by Gasteiger charge is 2.40. The molecule has 1 saturated heterocycles. The van der Waals surface area contributed by atoms with Crippen LogP contribution in [-0.2, 0) is 10.7 Å². The number of benzene rings is 1. The van der Waals surface area contributed by atoms with Gasteiger partial charge >= 0.3 is 5.92 Å². The van der Waals surface area contributed by atoms with Crippen molar-refractivity contribution in [3.05, 3.63) is 35.9 Å². The van der Waals surface area contributed by atoms with Gasteiger partial charge in [0.25, 0.3) is 5.91 Å². The van der Waals surface area contributed by atoms with E-state index in [-0.39, 0.29) is 18.0 Å². The zero-order valence-corrected chi connectivity index (χ0v) is 14.5. The van der Waals surface area contributed by atoms with Gasteiger partial charge in [0.05, 0.1) is 0 Å². The first-order chi connectivity index (χ1) is 11.4. The van der Waals surface area contributed by atoms with Crippen LogP contribution in [0.3, 0.4) is 0 Å². The molecule has 1 fully saturated rings. The average Bonchev–Trinajstić information content (AvgIpc) is 2.61. The summed E-state index contributed by atoms with van der Waals surface area (Å²) in [6.45, 7) is 10.3. The molecular formula is C18H27F2N3O. The molecule has 0 aromatic heterocycles. The molecule has 24 heavy (non-hydrogen) atoms. The number of piperazine rings is 1. The molecule has 2 rings (SSSR count). The number of nitrogens with one attached hydrogen (secondary N) is 1. The number of hydrogen-bond donors (Lipinski definition) is 1. The first kappa shape index (κ1) is 18.8. The molecule has 134 valence electrons. The summed E-state index contributed by atoms with van der Waals surface area (Å²) in [4.78, 5) is 16.6. The molecule has 0 aliphatic carbocycles. The maximum absolute atomic E-state index is 14.1. The highest BCUT2D eigenvalue weighted by molar-refractivity contribution is 5.84. The monoisotopic (exact) mass is 339 g/mol. The van der Waals surface area contributed by atoms with Crippen molar-refractivity contribution in [1.82, 2.24) is 15.1 Å². The lowest BCUT2D eigenvalue weighted by molar-refractivity contribution is -0.147. The summed E-state index contributed by atoms with van der Waals surface area (Å²) < 4.78 is 28.2. The molecule has 0 bridgehead atoms. The summed E-state index contributed by atoms with van der Waals surface area (Å²) >= 11 is 0. The summed E-state index contributed by atoms with van der Waals surface area (Å²) in [5.41, 5.74) is -0.272. The Morgan fingerprint density at radius 2 is 1.75 bits per heavy atom. The number of alkyl halides is 2. The fraction of sp³-hybridized carbons (Fsp3) is 0.611. The molecule has 1 N–H and O–H groups in total. The third-order valence-corrected chi connectivity index (χ3v) is 4.51. The van der Waals surface area contributed by atoms with E-state index < -0.39 is 11.8 Å². The van der Waals surface area contributed by atoms with E-state index >= 15 is 0 Å². The fourth-order valence-electron chi connectivity index (χ4n) is 2.95. The van der Waals surface area contributed by atoms with Crippen molar-refractivity contribution >= 4 is 5.91 Å². The Balaban J connectivity index is 1.77.